The molecule has 31 heavy (non-hydrogen) atoms. The second-order valence-corrected chi connectivity index (χ2v) is 7.32. The fraction of sp³-hybridized carbons (Fsp3) is 0.250. The third kappa shape index (κ3) is 4.94. The SMILES string of the molecule is CCC(=O)N(C)c1ccc(-c2ccc(C(=O)CCc3ccc(N)nc3)cn2)c(C)c1F. The van der Waals surface area contributed by atoms with Crippen LogP contribution in [0.3, 0.4) is 0 Å². The van der Waals surface area contributed by atoms with Crippen LogP contribution < -0.4 is 10.6 Å². The quantitative estimate of drug-likeness (QED) is 0.574. The third-order valence-electron chi connectivity index (χ3n) is 5.25. The predicted molar refractivity (Wildman–Crippen MR) is 119 cm³/mol. The molecule has 0 spiro atoms. The first kappa shape index (κ1) is 22.1. The summed E-state index contributed by atoms with van der Waals surface area (Å²) in [4.78, 5) is 34.1. The minimum absolute atomic E-state index is 0.0335. The smallest absolute Gasteiger partial charge is 0.226 e. The van der Waals surface area contributed by atoms with Gasteiger partial charge in [-0.05, 0) is 48.7 Å². The van der Waals surface area contributed by atoms with Crippen molar-refractivity contribution in [3.8, 4) is 11.3 Å². The Bertz CT molecular complexity index is 1100. The number of nitrogens with two attached hydrogens (primary N) is 1. The largest absolute Gasteiger partial charge is 0.384 e. The highest BCUT2D eigenvalue weighted by molar-refractivity contribution is 5.96. The van der Waals surface area contributed by atoms with Crippen molar-refractivity contribution < 1.29 is 14.0 Å². The van der Waals surface area contributed by atoms with Gasteiger partial charge in [0, 0.05) is 43.4 Å². The van der Waals surface area contributed by atoms with Gasteiger partial charge in [0.05, 0.1) is 11.4 Å². The molecule has 3 aromatic rings. The molecular weight excluding hydrogens is 395 g/mol. The lowest BCUT2D eigenvalue weighted by molar-refractivity contribution is -0.118. The number of benzene rings is 1. The number of nitrogens with zero attached hydrogens (tertiary/aromatic N) is 3. The molecule has 0 unspecified atom stereocenters. The molecule has 0 saturated carbocycles. The average Bonchev–Trinajstić information content (AvgIpc) is 2.79. The van der Waals surface area contributed by atoms with Crippen LogP contribution in [0.2, 0.25) is 0 Å². The van der Waals surface area contributed by atoms with E-state index >= 15 is 0 Å². The molecule has 1 aromatic carbocycles. The van der Waals surface area contributed by atoms with Gasteiger partial charge in [-0.3, -0.25) is 14.6 Å². The number of nitrogen functional groups attached to an aromatic ring is 1. The fourth-order valence-corrected chi connectivity index (χ4v) is 3.28. The molecule has 0 aliphatic carbocycles. The number of pyridine rings is 2. The van der Waals surface area contributed by atoms with Crippen molar-refractivity contribution in [3.05, 3.63) is 71.3 Å². The maximum absolute atomic E-state index is 14.9. The van der Waals surface area contributed by atoms with Gasteiger partial charge in [-0.1, -0.05) is 19.1 Å². The van der Waals surface area contributed by atoms with Crippen molar-refractivity contribution in [2.75, 3.05) is 17.7 Å². The van der Waals surface area contributed by atoms with Gasteiger partial charge in [0.2, 0.25) is 5.91 Å². The summed E-state index contributed by atoms with van der Waals surface area (Å²) in [5.41, 5.74) is 8.81. The molecule has 2 N–H and O–H groups in total. The van der Waals surface area contributed by atoms with Crippen LogP contribution in [-0.2, 0) is 11.2 Å². The molecule has 3 rings (SSSR count). The van der Waals surface area contributed by atoms with E-state index in [1.165, 1.54) is 11.1 Å². The van der Waals surface area contributed by atoms with E-state index in [-0.39, 0.29) is 17.4 Å². The number of amides is 1. The Morgan fingerprint density at radius 1 is 1.06 bits per heavy atom. The summed E-state index contributed by atoms with van der Waals surface area (Å²) in [7, 11) is 1.56. The van der Waals surface area contributed by atoms with Crippen molar-refractivity contribution in [1.82, 2.24) is 9.97 Å². The normalized spacial score (nSPS) is 10.7. The number of carbonyl (C=O) groups excluding carboxylic acids is 2. The first-order chi connectivity index (χ1) is 14.8. The fourth-order valence-electron chi connectivity index (χ4n) is 3.28. The van der Waals surface area contributed by atoms with Gasteiger partial charge >= 0.3 is 0 Å². The van der Waals surface area contributed by atoms with E-state index in [2.05, 4.69) is 9.97 Å². The molecule has 160 valence electrons. The lowest BCUT2D eigenvalue weighted by Gasteiger charge is -2.19. The standard InChI is InChI=1S/C24H25FN4O2/c1-4-23(31)29(3)20-10-8-18(15(2)24(20)25)19-9-7-17(14-27-19)21(30)11-5-16-6-12-22(26)28-13-16/h6-10,12-14H,4-5,11H2,1-3H3,(H2,26,28). The monoisotopic (exact) mass is 420 g/mol. The molecule has 0 fully saturated rings. The summed E-state index contributed by atoms with van der Waals surface area (Å²) in [6.45, 7) is 3.39. The molecule has 0 aliphatic heterocycles. The van der Waals surface area contributed by atoms with Gasteiger partial charge in [-0.15, -0.1) is 0 Å². The van der Waals surface area contributed by atoms with Crippen molar-refractivity contribution in [1.29, 1.82) is 0 Å². The Balaban J connectivity index is 1.74. The number of rotatable bonds is 7. The molecule has 0 bridgehead atoms. The van der Waals surface area contributed by atoms with Crippen LogP contribution in [0.25, 0.3) is 11.3 Å². The van der Waals surface area contributed by atoms with Crippen molar-refractivity contribution >= 4 is 23.2 Å². The Labute approximate surface area is 180 Å². The number of anilines is 2. The highest BCUT2D eigenvalue weighted by Crippen LogP contribution is 2.30. The Kier molecular flexibility index (Phi) is 6.74. The van der Waals surface area contributed by atoms with Gasteiger partial charge < -0.3 is 10.6 Å². The van der Waals surface area contributed by atoms with Crippen LogP contribution in [0, 0.1) is 12.7 Å². The zero-order valence-electron chi connectivity index (χ0n) is 17.9. The topological polar surface area (TPSA) is 89.2 Å². The number of Topliss-reactive ketones (excluding diaryl/α,β-unsaturated/α-hetero) is 1. The zero-order chi connectivity index (χ0) is 22.5. The maximum Gasteiger partial charge on any atom is 0.226 e. The van der Waals surface area contributed by atoms with Crippen LogP contribution in [0.1, 0.15) is 41.3 Å². The van der Waals surface area contributed by atoms with Gasteiger partial charge in [0.1, 0.15) is 11.6 Å². The molecule has 6 nitrogen and oxygen atoms in total. The lowest BCUT2D eigenvalue weighted by Crippen LogP contribution is -2.26. The van der Waals surface area contributed by atoms with E-state index in [4.69, 9.17) is 5.73 Å². The summed E-state index contributed by atoms with van der Waals surface area (Å²) >= 11 is 0. The minimum Gasteiger partial charge on any atom is -0.384 e. The van der Waals surface area contributed by atoms with Gasteiger partial charge in [-0.2, -0.15) is 0 Å². The van der Waals surface area contributed by atoms with E-state index in [0.29, 0.717) is 47.5 Å². The molecule has 2 aromatic heterocycles. The molecular formula is C24H25FN4O2. The predicted octanol–water partition coefficient (Wildman–Crippen LogP) is 4.36. The number of carbonyl (C=O) groups is 2. The van der Waals surface area contributed by atoms with Crippen LogP contribution >= 0.6 is 0 Å². The second kappa shape index (κ2) is 9.47. The molecule has 0 radical (unpaired) electrons. The van der Waals surface area contributed by atoms with E-state index in [1.54, 1.807) is 57.4 Å². The first-order valence-corrected chi connectivity index (χ1v) is 10.1. The number of hydrogen-bond acceptors (Lipinski definition) is 5. The Morgan fingerprint density at radius 3 is 2.45 bits per heavy atom. The Morgan fingerprint density at radius 2 is 1.84 bits per heavy atom. The third-order valence-corrected chi connectivity index (χ3v) is 5.25. The van der Waals surface area contributed by atoms with Crippen LogP contribution in [0.4, 0.5) is 15.9 Å². The summed E-state index contributed by atoms with van der Waals surface area (Å²) < 4.78 is 14.9. The summed E-state index contributed by atoms with van der Waals surface area (Å²) in [6.07, 6.45) is 4.35. The average molecular weight is 420 g/mol. The molecule has 7 heteroatoms. The molecule has 1 amide bonds. The van der Waals surface area contributed by atoms with E-state index in [0.717, 1.165) is 5.56 Å². The van der Waals surface area contributed by atoms with Crippen molar-refractivity contribution in [2.45, 2.75) is 33.1 Å². The minimum atomic E-state index is -0.458. The zero-order valence-corrected chi connectivity index (χ0v) is 17.9. The molecule has 2 heterocycles. The van der Waals surface area contributed by atoms with E-state index in [9.17, 15) is 14.0 Å². The Hall–Kier alpha value is -3.61. The van der Waals surface area contributed by atoms with Crippen LogP contribution in [0.15, 0.2) is 48.8 Å². The van der Waals surface area contributed by atoms with Crippen LogP contribution in [0.5, 0.6) is 0 Å². The number of hydrogen-bond donors (Lipinski definition) is 1. The highest BCUT2D eigenvalue weighted by atomic mass is 19.1. The van der Waals surface area contributed by atoms with Crippen molar-refractivity contribution in [3.63, 3.8) is 0 Å². The highest BCUT2D eigenvalue weighted by Gasteiger charge is 2.18. The van der Waals surface area contributed by atoms with Gasteiger partial charge in [0.15, 0.2) is 5.78 Å². The molecule has 0 aliphatic rings. The number of aryl methyl sites for hydroxylation is 1. The molecule has 0 saturated heterocycles. The maximum atomic E-state index is 14.9. The van der Waals surface area contributed by atoms with Crippen LogP contribution in [-0.4, -0.2) is 28.7 Å². The molecule has 0 atom stereocenters. The van der Waals surface area contributed by atoms with E-state index < -0.39 is 5.82 Å². The van der Waals surface area contributed by atoms with Gasteiger partial charge in [-0.25, -0.2) is 9.37 Å². The first-order valence-electron chi connectivity index (χ1n) is 10.1. The van der Waals surface area contributed by atoms with Gasteiger partial charge in [0.25, 0.3) is 0 Å². The second-order valence-electron chi connectivity index (χ2n) is 7.32. The number of aromatic nitrogens is 2. The number of ketones is 1. The summed E-state index contributed by atoms with van der Waals surface area (Å²) in [5, 5.41) is 0. The van der Waals surface area contributed by atoms with Crippen molar-refractivity contribution in [2.24, 2.45) is 0 Å². The summed E-state index contributed by atoms with van der Waals surface area (Å²) in [5.74, 6) is -0.213. The van der Waals surface area contributed by atoms with E-state index in [1.807, 2.05) is 6.07 Å². The summed E-state index contributed by atoms with van der Waals surface area (Å²) in [6, 6.07) is 10.3. The number of halogens is 1. The lowest BCUT2D eigenvalue weighted by atomic mass is 10.0.